The molecule has 84 valence electrons. The first kappa shape index (κ1) is 10.7. The molecule has 0 unspecified atom stereocenters. The Morgan fingerprint density at radius 3 is 3.06 bits per heavy atom. The number of carbonyl (C=O) groups excluding carboxylic acids is 1. The zero-order chi connectivity index (χ0) is 11.5. The molecule has 0 saturated heterocycles. The predicted molar refractivity (Wildman–Crippen MR) is 62.4 cm³/mol. The number of carbonyl (C=O) groups is 1. The van der Waals surface area contributed by atoms with Crippen molar-refractivity contribution in [3.05, 3.63) is 36.3 Å². The summed E-state index contributed by atoms with van der Waals surface area (Å²) in [6, 6.07) is 5.51. The van der Waals surface area contributed by atoms with Crippen LogP contribution in [0, 0.1) is 5.92 Å². The average molecular weight is 217 g/mol. The molecule has 1 N–H and O–H groups in total. The SMILES string of the molecule is CC(C)CNC(=O)c1cccc2nccn12. The summed E-state index contributed by atoms with van der Waals surface area (Å²) < 4.78 is 1.79. The summed E-state index contributed by atoms with van der Waals surface area (Å²) in [5.74, 6) is 0.392. The number of aromatic nitrogens is 2. The van der Waals surface area contributed by atoms with Gasteiger partial charge in [-0.2, -0.15) is 0 Å². The molecule has 0 aliphatic carbocycles. The summed E-state index contributed by atoms with van der Waals surface area (Å²) in [6.07, 6.45) is 3.48. The van der Waals surface area contributed by atoms with E-state index in [0.717, 1.165) is 5.65 Å². The molecule has 0 bridgehead atoms. The Morgan fingerprint density at radius 1 is 1.50 bits per heavy atom. The average Bonchev–Trinajstić information content (AvgIpc) is 2.73. The lowest BCUT2D eigenvalue weighted by molar-refractivity contribution is 0.0942. The lowest BCUT2D eigenvalue weighted by Crippen LogP contribution is -2.28. The molecule has 2 aromatic rings. The number of pyridine rings is 1. The number of nitrogens with one attached hydrogen (secondary N) is 1. The van der Waals surface area contributed by atoms with Gasteiger partial charge in [0.05, 0.1) is 0 Å². The summed E-state index contributed by atoms with van der Waals surface area (Å²) in [6.45, 7) is 4.82. The maximum Gasteiger partial charge on any atom is 0.268 e. The molecule has 4 nitrogen and oxygen atoms in total. The monoisotopic (exact) mass is 217 g/mol. The predicted octanol–water partition coefficient (Wildman–Crippen LogP) is 1.72. The van der Waals surface area contributed by atoms with Crippen molar-refractivity contribution in [3.63, 3.8) is 0 Å². The van der Waals surface area contributed by atoms with Gasteiger partial charge in [0.15, 0.2) is 0 Å². The van der Waals surface area contributed by atoms with Gasteiger partial charge in [-0.05, 0) is 18.1 Å². The summed E-state index contributed by atoms with van der Waals surface area (Å²) in [5, 5.41) is 2.89. The third-order valence-corrected chi connectivity index (χ3v) is 2.33. The molecule has 2 rings (SSSR count). The Labute approximate surface area is 94.3 Å². The van der Waals surface area contributed by atoms with E-state index >= 15 is 0 Å². The molecule has 0 aromatic carbocycles. The van der Waals surface area contributed by atoms with E-state index in [1.807, 2.05) is 12.1 Å². The summed E-state index contributed by atoms with van der Waals surface area (Å²) in [4.78, 5) is 16.0. The number of hydrogen-bond acceptors (Lipinski definition) is 2. The summed E-state index contributed by atoms with van der Waals surface area (Å²) in [7, 11) is 0. The minimum absolute atomic E-state index is 0.0581. The molecule has 1 amide bonds. The maximum absolute atomic E-state index is 11.9. The van der Waals surface area contributed by atoms with E-state index in [0.29, 0.717) is 18.2 Å². The lowest BCUT2D eigenvalue weighted by Gasteiger charge is -2.08. The van der Waals surface area contributed by atoms with E-state index in [9.17, 15) is 4.79 Å². The zero-order valence-electron chi connectivity index (χ0n) is 9.47. The van der Waals surface area contributed by atoms with Crippen LogP contribution in [0.1, 0.15) is 24.3 Å². The number of fused-ring (bicyclic) bond motifs is 1. The Morgan fingerprint density at radius 2 is 2.31 bits per heavy atom. The first-order chi connectivity index (χ1) is 7.68. The van der Waals surface area contributed by atoms with E-state index in [2.05, 4.69) is 24.1 Å². The first-order valence-electron chi connectivity index (χ1n) is 5.39. The lowest BCUT2D eigenvalue weighted by atomic mass is 10.2. The van der Waals surface area contributed by atoms with E-state index in [4.69, 9.17) is 0 Å². The molecule has 0 atom stereocenters. The molecule has 0 aliphatic heterocycles. The molecule has 2 heterocycles. The molecular formula is C12H15N3O. The molecule has 0 saturated carbocycles. The molecule has 16 heavy (non-hydrogen) atoms. The van der Waals surface area contributed by atoms with Gasteiger partial charge in [-0.15, -0.1) is 0 Å². The van der Waals surface area contributed by atoms with Gasteiger partial charge in [-0.25, -0.2) is 4.98 Å². The third kappa shape index (κ3) is 2.05. The van der Waals surface area contributed by atoms with Gasteiger partial charge in [0.2, 0.25) is 0 Å². The van der Waals surface area contributed by atoms with E-state index in [1.165, 1.54) is 0 Å². The molecule has 0 fully saturated rings. The van der Waals surface area contributed by atoms with Gasteiger partial charge in [-0.3, -0.25) is 9.20 Å². The van der Waals surface area contributed by atoms with Gasteiger partial charge in [0.1, 0.15) is 11.3 Å². The van der Waals surface area contributed by atoms with Crippen LogP contribution in [0.25, 0.3) is 5.65 Å². The van der Waals surface area contributed by atoms with Crippen LogP contribution < -0.4 is 5.32 Å². The molecule has 0 radical (unpaired) electrons. The van der Waals surface area contributed by atoms with Crippen molar-refractivity contribution in [2.45, 2.75) is 13.8 Å². The van der Waals surface area contributed by atoms with Crippen LogP contribution in [0.15, 0.2) is 30.6 Å². The fourth-order valence-electron chi connectivity index (χ4n) is 1.52. The number of rotatable bonds is 3. The normalized spacial score (nSPS) is 10.9. The molecule has 0 aliphatic rings. The number of hydrogen-bond donors (Lipinski definition) is 1. The Hall–Kier alpha value is -1.84. The van der Waals surface area contributed by atoms with Gasteiger partial charge in [0, 0.05) is 18.9 Å². The van der Waals surface area contributed by atoms with Crippen molar-refractivity contribution in [2.24, 2.45) is 5.92 Å². The second kappa shape index (κ2) is 4.35. The third-order valence-electron chi connectivity index (χ3n) is 2.33. The van der Waals surface area contributed by atoms with Crippen LogP contribution in [-0.4, -0.2) is 21.8 Å². The quantitative estimate of drug-likeness (QED) is 0.850. The minimum Gasteiger partial charge on any atom is -0.350 e. The first-order valence-corrected chi connectivity index (χ1v) is 5.39. The highest BCUT2D eigenvalue weighted by Gasteiger charge is 2.09. The van der Waals surface area contributed by atoms with Crippen LogP contribution in [0.5, 0.6) is 0 Å². The van der Waals surface area contributed by atoms with Crippen molar-refractivity contribution in [1.82, 2.24) is 14.7 Å². The molecular weight excluding hydrogens is 202 g/mol. The van der Waals surface area contributed by atoms with Crippen LogP contribution in [0.4, 0.5) is 0 Å². The summed E-state index contributed by atoms with van der Waals surface area (Å²) in [5.41, 5.74) is 1.41. The molecule has 0 spiro atoms. The largest absolute Gasteiger partial charge is 0.350 e. The number of imidazole rings is 1. The highest BCUT2D eigenvalue weighted by molar-refractivity contribution is 5.93. The van der Waals surface area contributed by atoms with Crippen LogP contribution >= 0.6 is 0 Å². The fraction of sp³-hybridized carbons (Fsp3) is 0.333. The van der Waals surface area contributed by atoms with Gasteiger partial charge in [0.25, 0.3) is 5.91 Å². The van der Waals surface area contributed by atoms with Crippen LogP contribution in [0.3, 0.4) is 0 Å². The van der Waals surface area contributed by atoms with Crippen molar-refractivity contribution >= 4 is 11.6 Å². The van der Waals surface area contributed by atoms with E-state index in [-0.39, 0.29) is 5.91 Å². The highest BCUT2D eigenvalue weighted by atomic mass is 16.1. The standard InChI is InChI=1S/C12H15N3O/c1-9(2)8-14-12(16)10-4-3-5-11-13-6-7-15(10)11/h3-7,9H,8H2,1-2H3,(H,14,16). The van der Waals surface area contributed by atoms with Crippen molar-refractivity contribution in [3.8, 4) is 0 Å². The molecule has 2 aromatic heterocycles. The van der Waals surface area contributed by atoms with Crippen LogP contribution in [-0.2, 0) is 0 Å². The van der Waals surface area contributed by atoms with Gasteiger partial charge < -0.3 is 5.32 Å². The smallest absolute Gasteiger partial charge is 0.268 e. The van der Waals surface area contributed by atoms with Crippen molar-refractivity contribution in [2.75, 3.05) is 6.54 Å². The van der Waals surface area contributed by atoms with E-state index in [1.54, 1.807) is 22.9 Å². The summed E-state index contributed by atoms with van der Waals surface area (Å²) >= 11 is 0. The maximum atomic E-state index is 11.9. The Bertz CT molecular complexity index is 502. The Kier molecular flexibility index (Phi) is 2.90. The van der Waals surface area contributed by atoms with Gasteiger partial charge >= 0.3 is 0 Å². The van der Waals surface area contributed by atoms with Crippen molar-refractivity contribution < 1.29 is 4.79 Å². The number of nitrogens with zero attached hydrogens (tertiary/aromatic N) is 2. The second-order valence-electron chi connectivity index (χ2n) is 4.17. The minimum atomic E-state index is -0.0581. The zero-order valence-corrected chi connectivity index (χ0v) is 9.47. The van der Waals surface area contributed by atoms with Crippen LogP contribution in [0.2, 0.25) is 0 Å². The van der Waals surface area contributed by atoms with E-state index < -0.39 is 0 Å². The Balaban J connectivity index is 2.25. The fourth-order valence-corrected chi connectivity index (χ4v) is 1.52. The topological polar surface area (TPSA) is 46.4 Å². The number of amides is 1. The van der Waals surface area contributed by atoms with Gasteiger partial charge in [-0.1, -0.05) is 19.9 Å². The van der Waals surface area contributed by atoms with Crippen molar-refractivity contribution in [1.29, 1.82) is 0 Å². The molecule has 4 heteroatoms. The second-order valence-corrected chi connectivity index (χ2v) is 4.17. The highest BCUT2D eigenvalue weighted by Crippen LogP contribution is 2.05.